The molecule has 256 valence electrons. The summed E-state index contributed by atoms with van der Waals surface area (Å²) in [7, 11) is 0. The molecule has 17 heteroatoms. The van der Waals surface area contributed by atoms with Crippen molar-refractivity contribution in [3.63, 3.8) is 0 Å². The van der Waals surface area contributed by atoms with Crippen LogP contribution in [0.25, 0.3) is 30.8 Å². The van der Waals surface area contributed by atoms with Gasteiger partial charge in [0.05, 0.1) is 35.7 Å². The number of benzene rings is 2. The highest BCUT2D eigenvalue weighted by Gasteiger charge is 2.15. The van der Waals surface area contributed by atoms with Crippen LogP contribution in [0.15, 0.2) is 98.3 Å². The van der Waals surface area contributed by atoms with Crippen LogP contribution in [0.5, 0.6) is 0 Å². The Morgan fingerprint density at radius 2 is 1.37 bits per heavy atom. The third kappa shape index (κ3) is 10.4. The molecule has 5 N–H and O–H groups in total. The van der Waals surface area contributed by atoms with Gasteiger partial charge in [-0.25, -0.2) is 24.3 Å². The van der Waals surface area contributed by atoms with Gasteiger partial charge < -0.3 is 25.2 Å². The van der Waals surface area contributed by atoms with Crippen LogP contribution in [0, 0.1) is 17.9 Å². The summed E-state index contributed by atoms with van der Waals surface area (Å²) in [6, 6.07) is 20.5. The summed E-state index contributed by atoms with van der Waals surface area (Å²) in [5.74, 6) is -1.11. The zero-order valence-electron chi connectivity index (χ0n) is 25.9. The second kappa shape index (κ2) is 18.4. The molecular weight excluding hydrogens is 752 g/mol. The average Bonchev–Trinajstić information content (AvgIpc) is 3.87. The monoisotopic (exact) mass is 774 g/mol. The highest BCUT2D eigenvalue weighted by Crippen LogP contribution is 2.31. The Morgan fingerprint density at radius 3 is 1.92 bits per heavy atom. The number of aromatic nitrogens is 4. The molecule has 0 unspecified atom stereocenters. The molecule has 0 aliphatic rings. The maximum Gasteiger partial charge on any atom is 0.335 e. The average molecular weight is 775 g/mol. The van der Waals surface area contributed by atoms with E-state index >= 15 is 0 Å². The molecule has 0 amide bonds. The van der Waals surface area contributed by atoms with Crippen LogP contribution in [0.4, 0.5) is 11.4 Å². The van der Waals surface area contributed by atoms with Crippen LogP contribution in [-0.4, -0.2) is 42.1 Å². The van der Waals surface area contributed by atoms with E-state index in [-0.39, 0.29) is 27.3 Å². The molecule has 0 aliphatic carbocycles. The van der Waals surface area contributed by atoms with E-state index < -0.39 is 23.1 Å². The molecule has 4 heterocycles. The molecule has 0 spiro atoms. The van der Waals surface area contributed by atoms with Crippen LogP contribution in [-0.2, 0) is 11.6 Å². The number of rotatable bonds is 8. The predicted octanol–water partition coefficient (Wildman–Crippen LogP) is 8.88. The minimum Gasteiger partial charge on any atom is -0.478 e. The van der Waals surface area contributed by atoms with Crippen molar-refractivity contribution in [1.82, 2.24) is 19.9 Å². The molecule has 12 nitrogen and oxygen atoms in total. The van der Waals surface area contributed by atoms with Crippen molar-refractivity contribution in [3.05, 3.63) is 154 Å². The number of carboxylic acids is 2. The van der Waals surface area contributed by atoms with Gasteiger partial charge in [-0.3, -0.25) is 9.59 Å². The van der Waals surface area contributed by atoms with Gasteiger partial charge in [-0.1, -0.05) is 48.2 Å². The van der Waals surface area contributed by atoms with Gasteiger partial charge in [0, 0.05) is 21.4 Å². The summed E-state index contributed by atoms with van der Waals surface area (Å²) in [5.41, 5.74) is 2.08. The number of carboxylic acid groups (broad SMARTS) is 2. The van der Waals surface area contributed by atoms with Crippen molar-refractivity contribution in [2.75, 3.05) is 0 Å². The lowest BCUT2D eigenvalue weighted by atomic mass is 10.1. The summed E-state index contributed by atoms with van der Waals surface area (Å²) in [4.78, 5) is 65.3. The molecule has 6 aromatic rings. The zero-order chi connectivity index (χ0) is 36.9. The van der Waals surface area contributed by atoms with Crippen molar-refractivity contribution in [3.8, 4) is 21.1 Å². The molecule has 2 aromatic carbocycles. The molecule has 51 heavy (non-hydrogen) atoms. The van der Waals surface area contributed by atoms with Crippen molar-refractivity contribution in [2.24, 2.45) is 0 Å². The first-order chi connectivity index (χ1) is 24.5. The third-order valence-corrected chi connectivity index (χ3v) is 9.64. The first-order valence-electron chi connectivity index (χ1n) is 14.2. The largest absolute Gasteiger partial charge is 0.478 e. The zero-order valence-corrected chi connectivity index (χ0v) is 29.9. The molecule has 0 bridgehead atoms. The van der Waals surface area contributed by atoms with Crippen molar-refractivity contribution < 1.29 is 19.8 Å². The normalized spacial score (nSPS) is 10.0. The minimum atomic E-state index is -0.986. The number of H-pyrrole nitrogens is 3. The number of halogens is 1. The SMILES string of the molecule is O=C(O)c1cccc(CCl)c1.[C-]#[N+]c1c(-c2cccs2)[nH]c(=S)[nH]c1=O.[C-]#[N+]c1c(-c2cccs2)nc(SCc2cccc(C(=O)O)c2)[nH]c1=O. The van der Waals surface area contributed by atoms with E-state index in [2.05, 4.69) is 29.6 Å². The highest BCUT2D eigenvalue weighted by atomic mass is 35.5. The van der Waals surface area contributed by atoms with Crippen LogP contribution in [0.2, 0.25) is 0 Å². The predicted molar refractivity (Wildman–Crippen MR) is 202 cm³/mol. The molecule has 0 radical (unpaired) electrons. The molecule has 6 rings (SSSR count). The maximum absolute atomic E-state index is 12.1. The summed E-state index contributed by atoms with van der Waals surface area (Å²) < 4.78 is 0.232. The van der Waals surface area contributed by atoms with Gasteiger partial charge in [-0.15, -0.1) is 34.3 Å². The topological polar surface area (TPSA) is 178 Å². The number of nitrogens with zero attached hydrogens (tertiary/aromatic N) is 3. The van der Waals surface area contributed by atoms with Gasteiger partial charge in [0.15, 0.2) is 9.93 Å². The number of carbonyl (C=O) groups is 2. The maximum atomic E-state index is 12.1. The first-order valence-corrected chi connectivity index (χ1v) is 17.9. The fourth-order valence-electron chi connectivity index (χ4n) is 4.12. The van der Waals surface area contributed by atoms with E-state index in [1.54, 1.807) is 36.4 Å². The fourth-order valence-corrected chi connectivity index (χ4v) is 6.73. The quantitative estimate of drug-likeness (QED) is 0.0332. The van der Waals surface area contributed by atoms with Gasteiger partial charge in [0.2, 0.25) is 0 Å². The van der Waals surface area contributed by atoms with Gasteiger partial charge >= 0.3 is 11.9 Å². The van der Waals surface area contributed by atoms with Crippen molar-refractivity contribution in [1.29, 1.82) is 0 Å². The van der Waals surface area contributed by atoms with Crippen LogP contribution < -0.4 is 11.1 Å². The number of hydrogen-bond acceptors (Lipinski definition) is 9. The number of alkyl halides is 1. The number of aromatic carboxylic acids is 2. The molecule has 0 saturated carbocycles. The lowest BCUT2D eigenvalue weighted by Crippen LogP contribution is -2.09. The molecule has 4 aromatic heterocycles. The van der Waals surface area contributed by atoms with E-state index in [1.807, 2.05) is 41.1 Å². The molecule has 0 atom stereocenters. The van der Waals surface area contributed by atoms with Crippen LogP contribution in [0.1, 0.15) is 31.8 Å². The van der Waals surface area contributed by atoms with Gasteiger partial charge in [-0.2, -0.15) is 0 Å². The number of thioether (sulfide) groups is 1. The summed E-state index contributed by atoms with van der Waals surface area (Å²) in [5, 5.41) is 21.7. The third-order valence-electron chi connectivity index (χ3n) is 6.41. The van der Waals surface area contributed by atoms with Crippen molar-refractivity contribution in [2.45, 2.75) is 16.8 Å². The van der Waals surface area contributed by atoms with Crippen molar-refractivity contribution >= 4 is 81.6 Å². The summed E-state index contributed by atoms with van der Waals surface area (Å²) in [6.45, 7) is 14.2. The molecule has 0 fully saturated rings. The smallest absolute Gasteiger partial charge is 0.335 e. The Morgan fingerprint density at radius 1 is 0.804 bits per heavy atom. The lowest BCUT2D eigenvalue weighted by Gasteiger charge is -2.06. The van der Waals surface area contributed by atoms with E-state index in [9.17, 15) is 19.2 Å². The second-order valence-corrected chi connectivity index (χ2v) is 13.3. The lowest BCUT2D eigenvalue weighted by molar-refractivity contribution is 0.0686. The number of aromatic amines is 3. The highest BCUT2D eigenvalue weighted by molar-refractivity contribution is 7.98. The second-order valence-electron chi connectivity index (χ2n) is 9.81. The number of nitrogens with one attached hydrogen (secondary N) is 3. The standard InChI is InChI=1S/C17H11N3O3S2.C9H5N3OS2.C8H7ClO2/c1-18-14-13(12-6-3-7-24-12)19-17(20-15(14)21)25-9-10-4-2-5-11(8-10)16(22)23;1-10-7-6(5-3-2-4-15-5)11-9(14)12-8(7)13;9-5-6-2-1-3-7(4-6)8(10)11/h2-8H,9H2,(H,22,23)(H,19,20,21);2-4H,(H2,11,12,13,14);1-4H,5H2,(H,10,11). The fraction of sp³-hybridized carbons (Fsp3) is 0.0588. The Hall–Kier alpha value is -5.62. The van der Waals surface area contributed by atoms with Gasteiger partial charge in [-0.05, 0) is 70.5 Å². The van der Waals surface area contributed by atoms with E-state index in [0.29, 0.717) is 28.2 Å². The number of hydrogen-bond donors (Lipinski definition) is 5. The Bertz CT molecular complexity index is 2430. The van der Waals surface area contributed by atoms with Gasteiger partial charge in [0.25, 0.3) is 22.5 Å². The first kappa shape index (κ1) is 38.2. The molecule has 0 saturated heterocycles. The Balaban J connectivity index is 0.000000190. The minimum absolute atomic E-state index is 0.0281. The molecular formula is C34H23ClN6O6S4. The Kier molecular flexibility index (Phi) is 13.8. The van der Waals surface area contributed by atoms with E-state index in [0.717, 1.165) is 20.9 Å². The Labute approximate surface area is 311 Å². The van der Waals surface area contributed by atoms with E-state index in [4.69, 9.17) is 47.2 Å². The number of thiophene rings is 2. The van der Waals surface area contributed by atoms with Gasteiger partial charge in [0.1, 0.15) is 0 Å². The molecule has 0 aliphatic heterocycles. The summed E-state index contributed by atoms with van der Waals surface area (Å²) in [6.07, 6.45) is 0. The summed E-state index contributed by atoms with van der Waals surface area (Å²) >= 11 is 14.5. The van der Waals surface area contributed by atoms with Crippen LogP contribution >= 0.6 is 58.3 Å². The van der Waals surface area contributed by atoms with Crippen LogP contribution in [0.3, 0.4) is 0 Å². The van der Waals surface area contributed by atoms with E-state index in [1.165, 1.54) is 40.5 Å².